The van der Waals surface area contributed by atoms with Crippen LogP contribution in [0.15, 0.2) is 140 Å². The Labute approximate surface area is 224 Å². The molecule has 2 aromatic heterocycles. The summed E-state index contributed by atoms with van der Waals surface area (Å²) in [5.41, 5.74) is 8.64. The minimum atomic E-state index is 1.18. The van der Waals surface area contributed by atoms with Crippen molar-refractivity contribution in [2.45, 2.75) is 0 Å². The lowest BCUT2D eigenvalue weighted by Gasteiger charge is -2.11. The zero-order chi connectivity index (χ0) is 25.1. The molecule has 0 spiro atoms. The van der Waals surface area contributed by atoms with Gasteiger partial charge in [-0.15, -0.1) is 11.3 Å². The van der Waals surface area contributed by atoms with Gasteiger partial charge in [-0.05, 0) is 52.6 Å². The van der Waals surface area contributed by atoms with Crippen LogP contribution in [0.2, 0.25) is 0 Å². The molecule has 6 aromatic carbocycles. The van der Waals surface area contributed by atoms with Gasteiger partial charge in [-0.2, -0.15) is 0 Å². The maximum atomic E-state index is 2.38. The van der Waals surface area contributed by atoms with Crippen molar-refractivity contribution in [1.82, 2.24) is 4.57 Å². The number of hydrogen-bond acceptors (Lipinski definition) is 1. The molecule has 0 aliphatic carbocycles. The van der Waals surface area contributed by atoms with E-state index in [1.807, 2.05) is 11.3 Å². The van der Waals surface area contributed by atoms with Crippen LogP contribution in [0.25, 0.3) is 69.9 Å². The van der Waals surface area contributed by atoms with Gasteiger partial charge in [-0.1, -0.05) is 109 Å². The van der Waals surface area contributed by atoms with Gasteiger partial charge in [0.1, 0.15) is 0 Å². The zero-order valence-electron chi connectivity index (χ0n) is 20.6. The fraction of sp³-hybridized carbons (Fsp3) is 0. The molecule has 0 amide bonds. The third-order valence-corrected chi connectivity index (χ3v) is 8.84. The first-order chi connectivity index (χ1) is 18.8. The molecule has 0 bridgehead atoms. The number of rotatable bonds is 3. The highest BCUT2D eigenvalue weighted by Gasteiger charge is 2.13. The Bertz CT molecular complexity index is 2070. The van der Waals surface area contributed by atoms with Crippen molar-refractivity contribution in [1.29, 1.82) is 0 Å². The summed E-state index contributed by atoms with van der Waals surface area (Å²) in [4.78, 5) is 0. The monoisotopic (exact) mass is 501 g/mol. The number of hydrogen-bond donors (Lipinski definition) is 0. The van der Waals surface area contributed by atoms with Gasteiger partial charge in [0.25, 0.3) is 0 Å². The highest BCUT2D eigenvalue weighted by atomic mass is 32.1. The van der Waals surface area contributed by atoms with Crippen LogP contribution in [0.5, 0.6) is 0 Å². The first-order valence-corrected chi connectivity index (χ1v) is 13.8. The van der Waals surface area contributed by atoms with E-state index in [9.17, 15) is 0 Å². The summed E-state index contributed by atoms with van der Waals surface area (Å²) in [6.45, 7) is 0. The second-order valence-electron chi connectivity index (χ2n) is 9.78. The summed E-state index contributed by atoms with van der Waals surface area (Å²) in [5, 5.41) is 5.25. The van der Waals surface area contributed by atoms with Crippen LogP contribution in [-0.2, 0) is 0 Å². The van der Waals surface area contributed by atoms with Crippen molar-refractivity contribution in [2.24, 2.45) is 0 Å². The first kappa shape index (κ1) is 21.4. The average molecular weight is 502 g/mol. The van der Waals surface area contributed by atoms with E-state index in [1.165, 1.54) is 69.9 Å². The van der Waals surface area contributed by atoms with Gasteiger partial charge in [-0.25, -0.2) is 0 Å². The van der Waals surface area contributed by atoms with Crippen molar-refractivity contribution < 1.29 is 0 Å². The summed E-state index contributed by atoms with van der Waals surface area (Å²) in [6, 6.07) is 50.6. The van der Waals surface area contributed by atoms with Gasteiger partial charge in [0.2, 0.25) is 0 Å². The number of nitrogens with zero attached hydrogens (tertiary/aromatic N) is 1. The topological polar surface area (TPSA) is 4.93 Å². The van der Waals surface area contributed by atoms with E-state index in [0.717, 1.165) is 0 Å². The van der Waals surface area contributed by atoms with Crippen molar-refractivity contribution in [3.63, 3.8) is 0 Å². The average Bonchev–Trinajstić information content (AvgIpc) is 3.53. The van der Waals surface area contributed by atoms with Crippen LogP contribution in [0.1, 0.15) is 0 Å². The molecule has 0 saturated heterocycles. The van der Waals surface area contributed by atoms with E-state index in [0.29, 0.717) is 0 Å². The normalized spacial score (nSPS) is 11.7. The molecule has 0 radical (unpaired) electrons. The second-order valence-corrected chi connectivity index (χ2v) is 10.8. The van der Waals surface area contributed by atoms with Crippen molar-refractivity contribution in [3.8, 4) is 27.9 Å². The van der Waals surface area contributed by atoms with E-state index in [1.54, 1.807) is 0 Å². The quantitative estimate of drug-likeness (QED) is 0.227. The lowest BCUT2D eigenvalue weighted by molar-refractivity contribution is 1.18. The molecule has 2 heterocycles. The fourth-order valence-corrected chi connectivity index (χ4v) is 7.08. The molecule has 0 aliphatic rings. The summed E-state index contributed by atoms with van der Waals surface area (Å²) < 4.78 is 5.08. The maximum absolute atomic E-state index is 2.38. The van der Waals surface area contributed by atoms with E-state index in [2.05, 4.69) is 144 Å². The predicted molar refractivity (Wildman–Crippen MR) is 165 cm³/mol. The zero-order valence-corrected chi connectivity index (χ0v) is 21.5. The van der Waals surface area contributed by atoms with E-state index in [-0.39, 0.29) is 0 Å². The molecule has 0 fully saturated rings. The Morgan fingerprint density at radius 2 is 1.03 bits per heavy atom. The fourth-order valence-electron chi connectivity index (χ4n) is 5.84. The molecule has 8 rings (SSSR count). The molecular formula is C36H23NS. The van der Waals surface area contributed by atoms with Gasteiger partial charge in [-0.3, -0.25) is 0 Å². The number of fused-ring (bicyclic) bond motifs is 6. The Hall–Kier alpha value is -4.66. The molecule has 178 valence electrons. The highest BCUT2D eigenvalue weighted by Crippen LogP contribution is 2.40. The molecule has 0 aliphatic heterocycles. The highest BCUT2D eigenvalue weighted by molar-refractivity contribution is 7.26. The molecule has 1 nitrogen and oxygen atoms in total. The Morgan fingerprint density at radius 3 is 1.79 bits per heavy atom. The van der Waals surface area contributed by atoms with E-state index in [4.69, 9.17) is 0 Å². The summed E-state index contributed by atoms with van der Waals surface area (Å²) >= 11 is 1.88. The molecule has 0 saturated carbocycles. The first-order valence-electron chi connectivity index (χ1n) is 12.9. The summed E-state index contributed by atoms with van der Waals surface area (Å²) in [5.74, 6) is 0. The van der Waals surface area contributed by atoms with Crippen molar-refractivity contribution in [2.75, 3.05) is 0 Å². The van der Waals surface area contributed by atoms with Crippen LogP contribution >= 0.6 is 11.3 Å². The number of aromatic nitrogens is 1. The largest absolute Gasteiger partial charge is 0.309 e. The molecule has 0 unspecified atom stereocenters. The molecule has 8 aromatic rings. The Morgan fingerprint density at radius 1 is 0.421 bits per heavy atom. The lowest BCUT2D eigenvalue weighted by atomic mass is 9.99. The van der Waals surface area contributed by atoms with Crippen LogP contribution in [-0.4, -0.2) is 4.57 Å². The van der Waals surface area contributed by atoms with Gasteiger partial charge < -0.3 is 4.57 Å². The van der Waals surface area contributed by atoms with Gasteiger partial charge in [0.15, 0.2) is 0 Å². The molecule has 2 heteroatoms. The second kappa shape index (κ2) is 8.44. The lowest BCUT2D eigenvalue weighted by Crippen LogP contribution is -1.94. The van der Waals surface area contributed by atoms with Crippen LogP contribution in [0, 0.1) is 0 Å². The molecule has 0 N–H and O–H groups in total. The molecule has 0 atom stereocenters. The number of thiophene rings is 1. The Kier molecular flexibility index (Phi) is 4.76. The Balaban J connectivity index is 1.22. The number of benzene rings is 6. The summed E-state index contributed by atoms with van der Waals surface area (Å²) in [6.07, 6.45) is 0. The summed E-state index contributed by atoms with van der Waals surface area (Å²) in [7, 11) is 0. The minimum Gasteiger partial charge on any atom is -0.309 e. The van der Waals surface area contributed by atoms with Gasteiger partial charge in [0.05, 0.1) is 11.0 Å². The smallest absolute Gasteiger partial charge is 0.0541 e. The predicted octanol–water partition coefficient (Wildman–Crippen LogP) is 10.5. The third-order valence-electron chi connectivity index (χ3n) is 7.62. The minimum absolute atomic E-state index is 1.18. The van der Waals surface area contributed by atoms with E-state index < -0.39 is 0 Å². The van der Waals surface area contributed by atoms with Crippen LogP contribution in [0.4, 0.5) is 0 Å². The molecular weight excluding hydrogens is 478 g/mol. The van der Waals surface area contributed by atoms with Crippen LogP contribution < -0.4 is 0 Å². The third kappa shape index (κ3) is 3.24. The SMILES string of the molecule is c1cc(-c2ccc(-c3cccc4c3sc3ccccc34)cc2)cc(-n2c3ccccc3c3ccccc32)c1. The van der Waals surface area contributed by atoms with Crippen molar-refractivity contribution in [3.05, 3.63) is 140 Å². The van der Waals surface area contributed by atoms with Gasteiger partial charge >= 0.3 is 0 Å². The van der Waals surface area contributed by atoms with E-state index >= 15 is 0 Å². The molecule has 38 heavy (non-hydrogen) atoms. The maximum Gasteiger partial charge on any atom is 0.0541 e. The van der Waals surface area contributed by atoms with Gasteiger partial charge in [0, 0.05) is 36.6 Å². The number of para-hydroxylation sites is 2. The standard InChI is InChI=1S/C36H23NS/c1-4-16-33-29(11-1)30-12-2-5-17-34(30)37(33)27-10-7-9-26(23-27)24-19-21-25(22-20-24)28-14-8-15-32-31-13-3-6-18-35(31)38-36(28)32/h1-23H. The van der Waals surface area contributed by atoms with Crippen LogP contribution in [0.3, 0.4) is 0 Å². The van der Waals surface area contributed by atoms with Crippen molar-refractivity contribution >= 4 is 53.3 Å².